The van der Waals surface area contributed by atoms with Gasteiger partial charge in [-0.25, -0.2) is 23.1 Å². The van der Waals surface area contributed by atoms with Crippen molar-refractivity contribution in [2.45, 2.75) is 65.2 Å². The second-order valence-corrected chi connectivity index (χ2v) is 12.4. The molecule has 0 saturated carbocycles. The molecule has 0 radical (unpaired) electrons. The molecule has 0 aliphatic carbocycles. The van der Waals surface area contributed by atoms with Crippen LogP contribution in [-0.2, 0) is 29.5 Å². The fourth-order valence-corrected chi connectivity index (χ4v) is 6.44. The van der Waals surface area contributed by atoms with E-state index in [0.29, 0.717) is 40.9 Å². The van der Waals surface area contributed by atoms with Gasteiger partial charge < -0.3 is 14.4 Å². The van der Waals surface area contributed by atoms with E-state index >= 15 is 0 Å². The third kappa shape index (κ3) is 6.48. The van der Waals surface area contributed by atoms with Gasteiger partial charge in [-0.3, -0.25) is 0 Å². The predicted octanol–water partition coefficient (Wildman–Crippen LogP) is 6.38. The number of halogens is 3. The highest BCUT2D eigenvalue weighted by molar-refractivity contribution is 7.92. The van der Waals surface area contributed by atoms with E-state index < -0.39 is 22.7 Å². The lowest BCUT2D eigenvalue weighted by molar-refractivity contribution is -0.125. The van der Waals surface area contributed by atoms with Crippen molar-refractivity contribution in [2.75, 3.05) is 11.3 Å². The predicted molar refractivity (Wildman–Crippen MR) is 162 cm³/mol. The van der Waals surface area contributed by atoms with Crippen molar-refractivity contribution in [2.24, 2.45) is 0 Å². The van der Waals surface area contributed by atoms with Crippen molar-refractivity contribution >= 4 is 27.1 Å². The number of nitrogens with one attached hydrogen (secondary N) is 2. The first kappa shape index (κ1) is 31.2. The lowest BCUT2D eigenvalue weighted by atomic mass is 9.97. The molecule has 2 aromatic carbocycles. The molecule has 0 spiro atoms. The molecule has 0 saturated heterocycles. The Kier molecular flexibility index (Phi) is 8.54. The fraction of sp³-hybridized carbons (Fsp3) is 0.323. The average molecular weight is 627 g/mol. The maximum atomic E-state index is 13.6. The molecule has 44 heavy (non-hydrogen) atoms. The van der Waals surface area contributed by atoms with Crippen molar-refractivity contribution in [3.63, 3.8) is 0 Å². The maximum Gasteiger partial charge on any atom is 0.401 e. The monoisotopic (exact) mass is 626 g/mol. The van der Waals surface area contributed by atoms with E-state index in [9.17, 15) is 21.6 Å². The van der Waals surface area contributed by atoms with E-state index in [2.05, 4.69) is 15.2 Å². The van der Waals surface area contributed by atoms with Crippen LogP contribution in [0.25, 0.3) is 22.3 Å². The Hall–Kier alpha value is -4.23. The minimum absolute atomic E-state index is 0.00177. The quantitative estimate of drug-likeness (QED) is 0.185. The minimum atomic E-state index is -4.41. The highest BCUT2D eigenvalue weighted by atomic mass is 32.2. The van der Waals surface area contributed by atoms with Gasteiger partial charge in [0, 0.05) is 29.8 Å². The van der Waals surface area contributed by atoms with Crippen LogP contribution in [0.4, 0.5) is 19.1 Å². The van der Waals surface area contributed by atoms with E-state index in [4.69, 9.17) is 14.5 Å². The first-order valence-corrected chi connectivity index (χ1v) is 15.5. The van der Waals surface area contributed by atoms with E-state index in [1.807, 2.05) is 37.5 Å². The Labute approximate surface area is 253 Å². The van der Waals surface area contributed by atoms with Crippen molar-refractivity contribution < 1.29 is 26.1 Å². The molecule has 0 fully saturated rings. The van der Waals surface area contributed by atoms with Gasteiger partial charge in [-0.15, -0.1) is 0 Å². The second kappa shape index (κ2) is 12.0. The summed E-state index contributed by atoms with van der Waals surface area (Å²) in [6, 6.07) is 13.7. The smallest absolute Gasteiger partial charge is 0.337 e. The summed E-state index contributed by atoms with van der Waals surface area (Å²) in [6.07, 6.45) is -3.75. The lowest BCUT2D eigenvalue weighted by Crippen LogP contribution is -2.28. The molecule has 3 heterocycles. The molecule has 232 valence electrons. The van der Waals surface area contributed by atoms with Crippen molar-refractivity contribution in [1.82, 2.24) is 25.0 Å². The van der Waals surface area contributed by atoms with Crippen molar-refractivity contribution in [1.29, 1.82) is 0 Å². The van der Waals surface area contributed by atoms with Crippen LogP contribution in [0.15, 0.2) is 57.9 Å². The van der Waals surface area contributed by atoms with E-state index in [0.717, 1.165) is 33.8 Å². The number of hydrogen-bond acceptors (Lipinski definition) is 7. The maximum absolute atomic E-state index is 13.6. The normalized spacial score (nSPS) is 12.3. The van der Waals surface area contributed by atoms with Gasteiger partial charge in [0.25, 0.3) is 10.0 Å². The number of sulfonamides is 1. The lowest BCUT2D eigenvalue weighted by Gasteiger charge is -2.17. The second-order valence-electron chi connectivity index (χ2n) is 10.8. The summed E-state index contributed by atoms with van der Waals surface area (Å²) in [5.41, 5.74) is 6.62. The van der Waals surface area contributed by atoms with Crippen LogP contribution in [0.3, 0.4) is 0 Å². The molecule has 0 bridgehead atoms. The number of aryl methyl sites for hydroxylation is 4. The molecule has 0 atom stereocenters. The molecule has 5 aromatic rings. The summed E-state index contributed by atoms with van der Waals surface area (Å²) in [7, 11) is -4.16. The standard InChI is InChI=1S/C31H33F3N6O3S/c1-6-27-37-28-18(2)13-19(3)36-29(28)40(27)16-22-11-12-24(23(14-22)15-35-17-31(32,33)34)25-9-7-8-10-26(25)44(41,42)39-30-20(4)21(5)38-43-30/h7-14,35,39H,6,15-17H2,1-5H3. The average Bonchev–Trinajstić information content (AvgIpc) is 3.46. The minimum Gasteiger partial charge on any atom is -0.337 e. The van der Waals surface area contributed by atoms with Crippen LogP contribution in [-0.4, -0.2) is 40.8 Å². The number of rotatable bonds is 10. The Morgan fingerprint density at radius 1 is 0.977 bits per heavy atom. The van der Waals surface area contributed by atoms with Gasteiger partial charge in [-0.2, -0.15) is 13.2 Å². The molecule has 3 aromatic heterocycles. The Balaban J connectivity index is 1.58. The van der Waals surface area contributed by atoms with E-state index in [1.165, 1.54) is 6.07 Å². The van der Waals surface area contributed by atoms with E-state index in [1.54, 1.807) is 44.2 Å². The van der Waals surface area contributed by atoms with Crippen LogP contribution >= 0.6 is 0 Å². The molecule has 9 nitrogen and oxygen atoms in total. The van der Waals surface area contributed by atoms with Gasteiger partial charge in [0.15, 0.2) is 5.65 Å². The highest BCUT2D eigenvalue weighted by Gasteiger charge is 2.27. The number of anilines is 1. The number of pyridine rings is 1. The summed E-state index contributed by atoms with van der Waals surface area (Å²) in [4.78, 5) is 9.46. The molecule has 0 amide bonds. The number of benzene rings is 2. The summed E-state index contributed by atoms with van der Waals surface area (Å²) in [6.45, 7) is 8.32. The van der Waals surface area contributed by atoms with Crippen LogP contribution in [0.2, 0.25) is 0 Å². The summed E-state index contributed by atoms with van der Waals surface area (Å²) in [5.74, 6) is 0.834. The highest BCUT2D eigenvalue weighted by Crippen LogP contribution is 2.33. The zero-order valence-electron chi connectivity index (χ0n) is 25.0. The third-order valence-corrected chi connectivity index (χ3v) is 8.81. The molecule has 2 N–H and O–H groups in total. The molecule has 13 heteroatoms. The number of imidazole rings is 1. The zero-order valence-corrected chi connectivity index (χ0v) is 25.8. The van der Waals surface area contributed by atoms with Gasteiger partial charge in [-0.05, 0) is 62.1 Å². The SMILES string of the molecule is CCc1nc2c(C)cc(C)nc2n1Cc1ccc(-c2ccccc2S(=O)(=O)Nc2onc(C)c2C)c(CNCC(F)(F)F)c1. The molecule has 5 rings (SSSR count). The number of aromatic nitrogens is 4. The van der Waals surface area contributed by atoms with Gasteiger partial charge in [0.2, 0.25) is 5.88 Å². The van der Waals surface area contributed by atoms with Crippen molar-refractivity contribution in [3.05, 3.63) is 88.0 Å². The van der Waals surface area contributed by atoms with E-state index in [-0.39, 0.29) is 17.3 Å². The summed E-state index contributed by atoms with van der Waals surface area (Å²) in [5, 5.41) is 6.28. The zero-order chi connectivity index (χ0) is 31.8. The topological polar surface area (TPSA) is 115 Å². The van der Waals surface area contributed by atoms with Crippen LogP contribution in [0, 0.1) is 27.7 Å². The Bertz CT molecular complexity index is 1950. The number of nitrogens with zero attached hydrogens (tertiary/aromatic N) is 4. The number of alkyl halides is 3. The summed E-state index contributed by atoms with van der Waals surface area (Å²) < 4.78 is 76.0. The third-order valence-electron chi connectivity index (χ3n) is 7.42. The van der Waals surface area contributed by atoms with Crippen LogP contribution in [0.5, 0.6) is 0 Å². The van der Waals surface area contributed by atoms with Crippen LogP contribution < -0.4 is 10.0 Å². The molecular weight excluding hydrogens is 593 g/mol. The van der Waals surface area contributed by atoms with Crippen LogP contribution in [0.1, 0.15) is 46.4 Å². The van der Waals surface area contributed by atoms with Gasteiger partial charge in [0.1, 0.15) is 11.3 Å². The molecule has 0 aliphatic rings. The number of fused-ring (bicyclic) bond motifs is 1. The summed E-state index contributed by atoms with van der Waals surface area (Å²) >= 11 is 0. The Morgan fingerprint density at radius 3 is 2.41 bits per heavy atom. The number of hydrogen-bond donors (Lipinski definition) is 2. The molecular formula is C31H33F3N6O3S. The largest absolute Gasteiger partial charge is 0.401 e. The first-order chi connectivity index (χ1) is 20.8. The van der Waals surface area contributed by atoms with Gasteiger partial charge in [0.05, 0.1) is 23.7 Å². The fourth-order valence-electron chi connectivity index (χ4n) is 5.17. The van der Waals surface area contributed by atoms with Gasteiger partial charge in [-0.1, -0.05) is 48.5 Å². The van der Waals surface area contributed by atoms with Crippen molar-refractivity contribution in [3.8, 4) is 11.1 Å². The first-order valence-electron chi connectivity index (χ1n) is 14.0. The Morgan fingerprint density at radius 2 is 1.73 bits per heavy atom. The van der Waals surface area contributed by atoms with Gasteiger partial charge >= 0.3 is 6.18 Å². The molecule has 0 aliphatic heterocycles. The molecule has 0 unspecified atom stereocenters.